The van der Waals surface area contributed by atoms with E-state index in [-0.39, 0.29) is 11.5 Å². The van der Waals surface area contributed by atoms with Crippen LogP contribution in [-0.4, -0.2) is 24.8 Å². The van der Waals surface area contributed by atoms with Crippen LogP contribution < -0.4 is 25.7 Å². The van der Waals surface area contributed by atoms with Crippen molar-refractivity contribution in [2.75, 3.05) is 24.9 Å². The fourth-order valence-electron chi connectivity index (χ4n) is 3.16. The molecule has 0 spiro atoms. The van der Waals surface area contributed by atoms with Gasteiger partial charge in [0.05, 0.1) is 25.6 Å². The molecule has 0 aliphatic rings. The van der Waals surface area contributed by atoms with Crippen molar-refractivity contribution in [1.82, 2.24) is 4.57 Å². The lowest BCUT2D eigenvalue weighted by molar-refractivity contribution is 0.262. The Bertz CT molecular complexity index is 1090. The van der Waals surface area contributed by atoms with Crippen molar-refractivity contribution < 1.29 is 14.3 Å². The maximum atomic E-state index is 12.8. The number of amides is 2. The zero-order valence-electron chi connectivity index (χ0n) is 17.0. The number of hydrogen-bond donors (Lipinski definition) is 2. The maximum absolute atomic E-state index is 12.8. The van der Waals surface area contributed by atoms with Crippen LogP contribution in [0.25, 0.3) is 10.8 Å². The summed E-state index contributed by atoms with van der Waals surface area (Å²) in [5.74, 6) is 1.39. The molecule has 152 valence electrons. The second kappa shape index (κ2) is 8.68. The van der Waals surface area contributed by atoms with Gasteiger partial charge in [-0.05, 0) is 24.1 Å². The fourth-order valence-corrected chi connectivity index (χ4v) is 3.16. The Morgan fingerprint density at radius 1 is 1.00 bits per heavy atom. The SMILES string of the molecule is COc1ccc(OC)c(NC(=O)Nc2cn(CC(C)C)c(=O)c3ccccc23)c1. The number of urea groups is 1. The number of rotatable bonds is 6. The lowest BCUT2D eigenvalue weighted by Crippen LogP contribution is -2.25. The summed E-state index contributed by atoms with van der Waals surface area (Å²) in [6, 6.07) is 11.9. The molecule has 0 fully saturated rings. The van der Waals surface area contributed by atoms with Crippen LogP contribution in [0.5, 0.6) is 11.5 Å². The van der Waals surface area contributed by atoms with E-state index in [1.165, 1.54) is 7.11 Å². The molecule has 0 unspecified atom stereocenters. The lowest BCUT2D eigenvalue weighted by atomic mass is 10.1. The minimum Gasteiger partial charge on any atom is -0.497 e. The number of ether oxygens (including phenoxy) is 2. The van der Waals surface area contributed by atoms with Crippen LogP contribution in [0.4, 0.5) is 16.2 Å². The van der Waals surface area contributed by atoms with Gasteiger partial charge < -0.3 is 24.7 Å². The summed E-state index contributed by atoms with van der Waals surface area (Å²) in [5, 5.41) is 6.88. The van der Waals surface area contributed by atoms with Gasteiger partial charge in [-0.25, -0.2) is 4.79 Å². The van der Waals surface area contributed by atoms with E-state index in [0.717, 1.165) is 0 Å². The van der Waals surface area contributed by atoms with Crippen molar-refractivity contribution in [1.29, 1.82) is 0 Å². The number of hydrogen-bond acceptors (Lipinski definition) is 4. The predicted molar refractivity (Wildman–Crippen MR) is 115 cm³/mol. The number of benzene rings is 2. The topological polar surface area (TPSA) is 81.6 Å². The van der Waals surface area contributed by atoms with Gasteiger partial charge in [0.2, 0.25) is 0 Å². The number of aromatic nitrogens is 1. The minimum atomic E-state index is -0.448. The number of nitrogens with one attached hydrogen (secondary N) is 2. The van der Waals surface area contributed by atoms with Crippen molar-refractivity contribution >= 4 is 28.2 Å². The second-order valence-electron chi connectivity index (χ2n) is 7.09. The van der Waals surface area contributed by atoms with Gasteiger partial charge in [0.25, 0.3) is 5.56 Å². The van der Waals surface area contributed by atoms with Crippen molar-refractivity contribution in [3.8, 4) is 11.5 Å². The maximum Gasteiger partial charge on any atom is 0.323 e. The Morgan fingerprint density at radius 3 is 2.34 bits per heavy atom. The molecule has 0 bridgehead atoms. The molecular formula is C22H25N3O4. The third kappa shape index (κ3) is 4.51. The minimum absolute atomic E-state index is 0.0743. The van der Waals surface area contributed by atoms with Crippen molar-refractivity contribution in [3.05, 3.63) is 59.0 Å². The molecule has 1 aromatic heterocycles. The van der Waals surface area contributed by atoms with Gasteiger partial charge in [-0.3, -0.25) is 4.79 Å². The first-order chi connectivity index (χ1) is 13.9. The van der Waals surface area contributed by atoms with Gasteiger partial charge in [-0.15, -0.1) is 0 Å². The first-order valence-corrected chi connectivity index (χ1v) is 9.35. The number of pyridine rings is 1. The average molecular weight is 395 g/mol. The molecule has 0 saturated heterocycles. The van der Waals surface area contributed by atoms with Gasteiger partial charge in [0.1, 0.15) is 11.5 Å². The normalized spacial score (nSPS) is 10.8. The predicted octanol–water partition coefficient (Wildman–Crippen LogP) is 4.32. The van der Waals surface area contributed by atoms with E-state index in [4.69, 9.17) is 9.47 Å². The van der Waals surface area contributed by atoms with Crippen LogP contribution in [0, 0.1) is 5.92 Å². The summed E-state index contributed by atoms with van der Waals surface area (Å²) >= 11 is 0. The van der Waals surface area contributed by atoms with Crippen molar-refractivity contribution in [2.45, 2.75) is 20.4 Å². The molecule has 2 aromatic carbocycles. The van der Waals surface area contributed by atoms with Crippen LogP contribution in [0.15, 0.2) is 53.5 Å². The third-order valence-electron chi connectivity index (χ3n) is 4.46. The van der Waals surface area contributed by atoms with Crippen LogP contribution >= 0.6 is 0 Å². The molecule has 2 N–H and O–H groups in total. The lowest BCUT2D eigenvalue weighted by Gasteiger charge is -2.16. The summed E-state index contributed by atoms with van der Waals surface area (Å²) in [4.78, 5) is 25.5. The number of nitrogens with zero attached hydrogens (tertiary/aromatic N) is 1. The molecule has 3 aromatic rings. The highest BCUT2D eigenvalue weighted by Crippen LogP contribution is 2.29. The van der Waals surface area contributed by atoms with Crippen molar-refractivity contribution in [2.24, 2.45) is 5.92 Å². The molecule has 0 atom stereocenters. The largest absolute Gasteiger partial charge is 0.497 e. The fraction of sp³-hybridized carbons (Fsp3) is 0.273. The quantitative estimate of drug-likeness (QED) is 0.651. The molecule has 0 aliphatic heterocycles. The Morgan fingerprint density at radius 2 is 1.69 bits per heavy atom. The Balaban J connectivity index is 1.95. The van der Waals surface area contributed by atoms with Gasteiger partial charge in [-0.2, -0.15) is 0 Å². The average Bonchev–Trinajstić information content (AvgIpc) is 2.71. The number of methoxy groups -OCH3 is 2. The number of fused-ring (bicyclic) bond motifs is 1. The molecule has 3 rings (SSSR count). The highest BCUT2D eigenvalue weighted by atomic mass is 16.5. The summed E-state index contributed by atoms with van der Waals surface area (Å²) < 4.78 is 12.1. The Labute approximate surface area is 169 Å². The van der Waals surface area contributed by atoms with Gasteiger partial charge in [-0.1, -0.05) is 32.0 Å². The van der Waals surface area contributed by atoms with Crippen LogP contribution in [0.1, 0.15) is 13.8 Å². The van der Waals surface area contributed by atoms with E-state index >= 15 is 0 Å². The standard InChI is InChI=1S/C22H25N3O4/c1-14(2)12-25-13-19(16-7-5-6-8-17(16)21(25)26)24-22(27)23-18-11-15(28-3)9-10-20(18)29-4/h5-11,13-14H,12H2,1-4H3,(H2,23,24,27). The Hall–Kier alpha value is -3.48. The molecule has 2 amide bonds. The van der Waals surface area contributed by atoms with E-state index in [0.29, 0.717) is 40.2 Å². The molecule has 7 nitrogen and oxygen atoms in total. The first kappa shape index (κ1) is 20.3. The number of carbonyl (C=O) groups is 1. The van der Waals surface area contributed by atoms with Gasteiger partial charge >= 0.3 is 6.03 Å². The zero-order valence-corrected chi connectivity index (χ0v) is 17.0. The zero-order chi connectivity index (χ0) is 21.0. The first-order valence-electron chi connectivity index (χ1n) is 9.35. The monoisotopic (exact) mass is 395 g/mol. The second-order valence-corrected chi connectivity index (χ2v) is 7.09. The summed E-state index contributed by atoms with van der Waals surface area (Å²) in [7, 11) is 3.08. The number of anilines is 2. The summed E-state index contributed by atoms with van der Waals surface area (Å²) in [6.45, 7) is 4.64. The van der Waals surface area contributed by atoms with E-state index in [1.807, 2.05) is 32.0 Å². The van der Waals surface area contributed by atoms with E-state index < -0.39 is 6.03 Å². The molecule has 0 saturated carbocycles. The van der Waals surface area contributed by atoms with Crippen LogP contribution in [0.3, 0.4) is 0 Å². The van der Waals surface area contributed by atoms with E-state index in [9.17, 15) is 9.59 Å². The molecule has 7 heteroatoms. The highest BCUT2D eigenvalue weighted by molar-refractivity contribution is 6.06. The summed E-state index contributed by atoms with van der Waals surface area (Å²) in [6.07, 6.45) is 1.69. The smallest absolute Gasteiger partial charge is 0.323 e. The number of carbonyl (C=O) groups excluding carboxylic acids is 1. The van der Waals surface area contributed by atoms with Gasteiger partial charge in [0.15, 0.2) is 0 Å². The highest BCUT2D eigenvalue weighted by Gasteiger charge is 2.14. The van der Waals surface area contributed by atoms with Crippen LogP contribution in [0.2, 0.25) is 0 Å². The van der Waals surface area contributed by atoms with Crippen LogP contribution in [-0.2, 0) is 6.54 Å². The van der Waals surface area contributed by atoms with E-state index in [1.54, 1.807) is 42.1 Å². The Kier molecular flexibility index (Phi) is 6.07. The summed E-state index contributed by atoms with van der Waals surface area (Å²) in [5.41, 5.74) is 0.957. The third-order valence-corrected chi connectivity index (χ3v) is 4.46. The molecule has 29 heavy (non-hydrogen) atoms. The molecule has 1 heterocycles. The van der Waals surface area contributed by atoms with Crippen molar-refractivity contribution in [3.63, 3.8) is 0 Å². The van der Waals surface area contributed by atoms with E-state index in [2.05, 4.69) is 10.6 Å². The molecule has 0 radical (unpaired) electrons. The molecule has 0 aliphatic carbocycles. The van der Waals surface area contributed by atoms with Gasteiger partial charge in [0, 0.05) is 29.6 Å². The molecular weight excluding hydrogens is 370 g/mol.